The second-order valence-electron chi connectivity index (χ2n) is 7.30. The fourth-order valence-electron chi connectivity index (χ4n) is 3.76. The Morgan fingerprint density at radius 1 is 1.11 bits per heavy atom. The van der Waals surface area contributed by atoms with Gasteiger partial charge in [0.2, 0.25) is 0 Å². The molecule has 0 saturated carbocycles. The minimum Gasteiger partial charge on any atom is -0.297 e. The van der Waals surface area contributed by atoms with Crippen molar-refractivity contribution < 1.29 is 4.79 Å². The van der Waals surface area contributed by atoms with Crippen LogP contribution in [0.15, 0.2) is 59.5 Å². The summed E-state index contributed by atoms with van der Waals surface area (Å²) in [6.45, 7) is 4.29. The van der Waals surface area contributed by atoms with Crippen LogP contribution in [0.25, 0.3) is 5.65 Å². The smallest absolute Gasteiger partial charge is 0.258 e. The molecule has 5 nitrogen and oxygen atoms in total. The van der Waals surface area contributed by atoms with Crippen molar-refractivity contribution in [3.05, 3.63) is 81.9 Å². The van der Waals surface area contributed by atoms with Crippen LogP contribution in [0.3, 0.4) is 0 Å². The van der Waals surface area contributed by atoms with Crippen LogP contribution < -0.4 is 5.56 Å². The number of fused-ring (bicyclic) bond motifs is 1. The lowest BCUT2D eigenvalue weighted by Crippen LogP contribution is -2.36. The molecular formula is C22H23N3O2. The summed E-state index contributed by atoms with van der Waals surface area (Å²) in [4.78, 5) is 31.9. The van der Waals surface area contributed by atoms with Gasteiger partial charge in [0, 0.05) is 30.3 Å². The maximum Gasteiger partial charge on any atom is 0.258 e. The summed E-state index contributed by atoms with van der Waals surface area (Å²) in [7, 11) is 0. The second kappa shape index (κ2) is 7.45. The van der Waals surface area contributed by atoms with Gasteiger partial charge in [0.05, 0.1) is 5.69 Å². The summed E-state index contributed by atoms with van der Waals surface area (Å²) in [5, 5.41) is 0. The highest BCUT2D eigenvalue weighted by Gasteiger charge is 2.26. The standard InChI is InChI=1S/C22H23N3O2/c1-16-7-8-20-23-19(13-21(26)25(20)14-16)15-24-11-9-18(10-12-24)22(27)17-5-3-2-4-6-17/h2-8,13-14,18H,9-12,15H2,1H3. The molecule has 3 aromatic rings. The Balaban J connectivity index is 1.42. The third-order valence-corrected chi connectivity index (χ3v) is 5.26. The highest BCUT2D eigenvalue weighted by molar-refractivity contribution is 5.97. The normalized spacial score (nSPS) is 15.9. The first-order valence-electron chi connectivity index (χ1n) is 9.41. The molecule has 1 aromatic carbocycles. The van der Waals surface area contributed by atoms with Gasteiger partial charge in [0.15, 0.2) is 5.78 Å². The summed E-state index contributed by atoms with van der Waals surface area (Å²) in [6, 6.07) is 15.0. The van der Waals surface area contributed by atoms with Crippen molar-refractivity contribution in [2.75, 3.05) is 13.1 Å². The van der Waals surface area contributed by atoms with E-state index >= 15 is 0 Å². The molecule has 27 heavy (non-hydrogen) atoms. The number of Topliss-reactive ketones (excluding diaryl/α,β-unsaturated/α-hetero) is 1. The maximum absolute atomic E-state index is 12.6. The molecule has 3 heterocycles. The van der Waals surface area contributed by atoms with Crippen LogP contribution >= 0.6 is 0 Å². The lowest BCUT2D eigenvalue weighted by Gasteiger charge is -2.31. The number of piperidine rings is 1. The van der Waals surface area contributed by atoms with E-state index < -0.39 is 0 Å². The van der Waals surface area contributed by atoms with Crippen LogP contribution in [0.5, 0.6) is 0 Å². The molecule has 1 fully saturated rings. The number of pyridine rings is 1. The zero-order chi connectivity index (χ0) is 18.8. The van der Waals surface area contributed by atoms with E-state index in [9.17, 15) is 9.59 Å². The number of aryl methyl sites for hydroxylation is 1. The monoisotopic (exact) mass is 361 g/mol. The Morgan fingerprint density at radius 2 is 1.85 bits per heavy atom. The van der Waals surface area contributed by atoms with E-state index in [2.05, 4.69) is 9.88 Å². The lowest BCUT2D eigenvalue weighted by molar-refractivity contribution is 0.0834. The molecule has 1 saturated heterocycles. The lowest BCUT2D eigenvalue weighted by atomic mass is 9.89. The maximum atomic E-state index is 12.6. The first-order chi connectivity index (χ1) is 13.1. The highest BCUT2D eigenvalue weighted by atomic mass is 16.1. The van der Waals surface area contributed by atoms with Crippen LogP contribution in [0.4, 0.5) is 0 Å². The van der Waals surface area contributed by atoms with Gasteiger partial charge in [-0.15, -0.1) is 0 Å². The zero-order valence-corrected chi connectivity index (χ0v) is 15.5. The number of hydrogen-bond acceptors (Lipinski definition) is 4. The number of benzene rings is 1. The summed E-state index contributed by atoms with van der Waals surface area (Å²) in [5.74, 6) is 0.328. The van der Waals surface area contributed by atoms with E-state index in [1.54, 1.807) is 10.5 Å². The van der Waals surface area contributed by atoms with Gasteiger partial charge in [-0.3, -0.25) is 18.9 Å². The van der Waals surface area contributed by atoms with Gasteiger partial charge in [-0.25, -0.2) is 4.98 Å². The van der Waals surface area contributed by atoms with Crippen molar-refractivity contribution in [2.45, 2.75) is 26.3 Å². The summed E-state index contributed by atoms with van der Waals surface area (Å²) in [5.41, 5.74) is 3.25. The van der Waals surface area contributed by atoms with Crippen LogP contribution in [0.1, 0.15) is 34.5 Å². The van der Waals surface area contributed by atoms with Crippen LogP contribution in [-0.4, -0.2) is 33.2 Å². The van der Waals surface area contributed by atoms with Crippen molar-refractivity contribution in [1.82, 2.24) is 14.3 Å². The predicted molar refractivity (Wildman–Crippen MR) is 105 cm³/mol. The first-order valence-corrected chi connectivity index (χ1v) is 9.41. The first kappa shape index (κ1) is 17.6. The Labute approximate surface area is 158 Å². The third-order valence-electron chi connectivity index (χ3n) is 5.26. The predicted octanol–water partition coefficient (Wildman–Crippen LogP) is 3.10. The molecule has 4 rings (SSSR count). The quantitative estimate of drug-likeness (QED) is 0.670. The van der Waals surface area contributed by atoms with Gasteiger partial charge < -0.3 is 0 Å². The number of carbonyl (C=O) groups is 1. The van der Waals surface area contributed by atoms with Crippen molar-refractivity contribution in [3.8, 4) is 0 Å². The molecule has 5 heteroatoms. The molecule has 0 spiro atoms. The molecule has 2 aromatic heterocycles. The van der Waals surface area contributed by atoms with Crippen LogP contribution in [0, 0.1) is 12.8 Å². The number of ketones is 1. The van der Waals surface area contributed by atoms with Crippen molar-refractivity contribution in [2.24, 2.45) is 5.92 Å². The molecule has 1 aliphatic rings. The van der Waals surface area contributed by atoms with Crippen LogP contribution in [-0.2, 0) is 6.54 Å². The number of carbonyl (C=O) groups excluding carboxylic acids is 1. The highest BCUT2D eigenvalue weighted by Crippen LogP contribution is 2.22. The molecule has 0 unspecified atom stereocenters. The van der Waals surface area contributed by atoms with Gasteiger partial charge in [0.25, 0.3) is 5.56 Å². The van der Waals surface area contributed by atoms with E-state index in [4.69, 9.17) is 0 Å². The van der Waals surface area contributed by atoms with E-state index in [1.165, 1.54) is 0 Å². The van der Waals surface area contributed by atoms with Crippen molar-refractivity contribution >= 4 is 11.4 Å². The largest absolute Gasteiger partial charge is 0.297 e. The minimum absolute atomic E-state index is 0.0483. The summed E-state index contributed by atoms with van der Waals surface area (Å²) in [6.07, 6.45) is 3.51. The third kappa shape index (κ3) is 3.83. The van der Waals surface area contributed by atoms with E-state index in [0.717, 1.165) is 42.8 Å². The van der Waals surface area contributed by atoms with E-state index in [0.29, 0.717) is 12.2 Å². The van der Waals surface area contributed by atoms with Gasteiger partial charge in [-0.2, -0.15) is 0 Å². The Hall–Kier alpha value is -2.79. The van der Waals surface area contributed by atoms with Gasteiger partial charge >= 0.3 is 0 Å². The number of nitrogens with zero attached hydrogens (tertiary/aromatic N) is 3. The number of rotatable bonds is 4. The average Bonchev–Trinajstić information content (AvgIpc) is 2.69. The fraction of sp³-hybridized carbons (Fsp3) is 0.318. The van der Waals surface area contributed by atoms with Crippen molar-refractivity contribution in [1.29, 1.82) is 0 Å². The average molecular weight is 361 g/mol. The summed E-state index contributed by atoms with van der Waals surface area (Å²) < 4.78 is 1.59. The van der Waals surface area contributed by atoms with Gasteiger partial charge in [0.1, 0.15) is 5.65 Å². The van der Waals surface area contributed by atoms with Crippen LogP contribution in [0.2, 0.25) is 0 Å². The minimum atomic E-state index is -0.0483. The fourth-order valence-corrected chi connectivity index (χ4v) is 3.76. The molecule has 0 aliphatic carbocycles. The molecule has 138 valence electrons. The van der Waals surface area contributed by atoms with E-state index in [1.807, 2.05) is 55.6 Å². The molecular weight excluding hydrogens is 338 g/mol. The zero-order valence-electron chi connectivity index (χ0n) is 15.5. The molecule has 0 N–H and O–H groups in total. The SMILES string of the molecule is Cc1ccc2nc(CN3CCC(C(=O)c4ccccc4)CC3)cc(=O)n2c1. The van der Waals surface area contributed by atoms with Crippen molar-refractivity contribution in [3.63, 3.8) is 0 Å². The second-order valence-corrected chi connectivity index (χ2v) is 7.30. The van der Waals surface area contributed by atoms with Gasteiger partial charge in [-0.05, 0) is 44.5 Å². The topological polar surface area (TPSA) is 54.7 Å². The molecule has 1 aliphatic heterocycles. The molecule has 0 radical (unpaired) electrons. The number of likely N-dealkylation sites (tertiary alicyclic amines) is 1. The number of aromatic nitrogens is 2. The van der Waals surface area contributed by atoms with Gasteiger partial charge in [-0.1, -0.05) is 36.4 Å². The molecule has 0 atom stereocenters. The Bertz CT molecular complexity index is 1020. The Kier molecular flexibility index (Phi) is 4.86. The summed E-state index contributed by atoms with van der Waals surface area (Å²) >= 11 is 0. The molecule has 0 bridgehead atoms. The Morgan fingerprint density at radius 3 is 2.59 bits per heavy atom. The van der Waals surface area contributed by atoms with E-state index in [-0.39, 0.29) is 17.3 Å². The number of hydrogen-bond donors (Lipinski definition) is 0. The molecule has 0 amide bonds.